The molecule has 2 heterocycles. The molecule has 1 atom stereocenters. The average Bonchev–Trinajstić information content (AvgIpc) is 3.11. The molecule has 2 fully saturated rings. The molecule has 1 aromatic rings. The zero-order valence-electron chi connectivity index (χ0n) is 14.6. The van der Waals surface area contributed by atoms with Gasteiger partial charge in [-0.3, -0.25) is 0 Å². The minimum absolute atomic E-state index is 0.124. The monoisotopic (exact) mass is 371 g/mol. The number of pyridine rings is 1. The van der Waals surface area contributed by atoms with Crippen molar-refractivity contribution >= 4 is 11.7 Å². The van der Waals surface area contributed by atoms with Gasteiger partial charge in [-0.2, -0.15) is 13.2 Å². The normalized spacial score (nSPS) is 21.7. The van der Waals surface area contributed by atoms with Crippen molar-refractivity contribution in [1.29, 1.82) is 0 Å². The first kappa shape index (κ1) is 18.8. The van der Waals surface area contributed by atoms with E-state index in [9.17, 15) is 18.0 Å². The minimum Gasteiger partial charge on any atom is -0.468 e. The van der Waals surface area contributed by atoms with Crippen molar-refractivity contribution in [3.8, 4) is 5.88 Å². The van der Waals surface area contributed by atoms with Gasteiger partial charge in [-0.1, -0.05) is 19.3 Å². The van der Waals surface area contributed by atoms with E-state index in [1.807, 2.05) is 4.90 Å². The SMILES string of the molecule is O=C(Nc1ccc(OCC(F)(F)F)nc1)N1CCCC1C1CCCCC1. The molecule has 144 valence electrons. The first-order valence-electron chi connectivity index (χ1n) is 9.15. The summed E-state index contributed by atoms with van der Waals surface area (Å²) in [4.78, 5) is 18.3. The van der Waals surface area contributed by atoms with E-state index in [0.29, 0.717) is 11.6 Å². The van der Waals surface area contributed by atoms with Crippen LogP contribution in [-0.4, -0.2) is 41.3 Å². The van der Waals surface area contributed by atoms with Crippen LogP contribution < -0.4 is 10.1 Å². The number of hydrogen-bond acceptors (Lipinski definition) is 3. The van der Waals surface area contributed by atoms with Gasteiger partial charge in [0.15, 0.2) is 6.61 Å². The summed E-state index contributed by atoms with van der Waals surface area (Å²) in [7, 11) is 0. The maximum Gasteiger partial charge on any atom is 0.422 e. The zero-order valence-corrected chi connectivity index (χ0v) is 14.6. The third kappa shape index (κ3) is 5.02. The van der Waals surface area contributed by atoms with Crippen LogP contribution in [0.1, 0.15) is 44.9 Å². The van der Waals surface area contributed by atoms with Crippen LogP contribution in [0, 0.1) is 5.92 Å². The van der Waals surface area contributed by atoms with E-state index in [1.54, 1.807) is 0 Å². The highest BCUT2D eigenvalue weighted by Gasteiger charge is 2.35. The van der Waals surface area contributed by atoms with Gasteiger partial charge in [-0.05, 0) is 37.7 Å². The Labute approximate surface area is 150 Å². The lowest BCUT2D eigenvalue weighted by Crippen LogP contribution is -2.43. The number of aromatic nitrogens is 1. The fourth-order valence-electron chi connectivity index (χ4n) is 3.94. The lowest BCUT2D eigenvalue weighted by molar-refractivity contribution is -0.154. The number of anilines is 1. The largest absolute Gasteiger partial charge is 0.468 e. The summed E-state index contributed by atoms with van der Waals surface area (Å²) in [6.07, 6.45) is 5.08. The Kier molecular flexibility index (Phi) is 5.88. The van der Waals surface area contributed by atoms with E-state index in [1.165, 1.54) is 50.4 Å². The zero-order chi connectivity index (χ0) is 18.6. The van der Waals surface area contributed by atoms with Crippen molar-refractivity contribution < 1.29 is 22.7 Å². The van der Waals surface area contributed by atoms with Gasteiger partial charge in [0.2, 0.25) is 5.88 Å². The summed E-state index contributed by atoms with van der Waals surface area (Å²) in [5.41, 5.74) is 0.448. The summed E-state index contributed by atoms with van der Waals surface area (Å²) >= 11 is 0. The second-order valence-corrected chi connectivity index (χ2v) is 7.02. The fourth-order valence-corrected chi connectivity index (χ4v) is 3.94. The Morgan fingerprint density at radius 2 is 1.96 bits per heavy atom. The lowest BCUT2D eigenvalue weighted by atomic mass is 9.83. The highest BCUT2D eigenvalue weighted by Crippen LogP contribution is 2.34. The van der Waals surface area contributed by atoms with Gasteiger partial charge in [0.25, 0.3) is 0 Å². The van der Waals surface area contributed by atoms with Crippen molar-refractivity contribution in [3.63, 3.8) is 0 Å². The number of urea groups is 1. The molecule has 3 rings (SSSR count). The predicted octanol–water partition coefficient (Wildman–Crippen LogP) is 4.60. The molecule has 2 amide bonds. The second kappa shape index (κ2) is 8.14. The molecule has 8 heteroatoms. The maximum absolute atomic E-state index is 12.6. The summed E-state index contributed by atoms with van der Waals surface area (Å²) < 4.78 is 41.0. The molecule has 1 unspecified atom stereocenters. The van der Waals surface area contributed by atoms with Crippen molar-refractivity contribution in [1.82, 2.24) is 9.88 Å². The summed E-state index contributed by atoms with van der Waals surface area (Å²) in [5.74, 6) is 0.454. The van der Waals surface area contributed by atoms with Crippen molar-refractivity contribution in [2.45, 2.75) is 57.2 Å². The summed E-state index contributed by atoms with van der Waals surface area (Å²) in [6, 6.07) is 2.95. The smallest absolute Gasteiger partial charge is 0.422 e. The van der Waals surface area contributed by atoms with Gasteiger partial charge in [0, 0.05) is 18.7 Å². The van der Waals surface area contributed by atoms with E-state index in [0.717, 1.165) is 19.4 Å². The average molecular weight is 371 g/mol. The number of likely N-dealkylation sites (tertiary alicyclic amines) is 1. The van der Waals surface area contributed by atoms with Crippen LogP contribution in [0.25, 0.3) is 0 Å². The molecule has 0 spiro atoms. The Morgan fingerprint density at radius 3 is 2.62 bits per heavy atom. The summed E-state index contributed by atoms with van der Waals surface area (Å²) in [6.45, 7) is -0.643. The molecule has 0 bridgehead atoms. The Balaban J connectivity index is 1.55. The van der Waals surface area contributed by atoms with Gasteiger partial charge in [0.05, 0.1) is 11.9 Å². The number of rotatable bonds is 4. The number of nitrogens with zero attached hydrogens (tertiary/aromatic N) is 2. The van der Waals surface area contributed by atoms with Crippen molar-refractivity contribution in [2.24, 2.45) is 5.92 Å². The molecule has 0 aromatic carbocycles. The number of hydrogen-bond donors (Lipinski definition) is 1. The molecular formula is C18H24F3N3O2. The van der Waals surface area contributed by atoms with E-state index < -0.39 is 12.8 Å². The van der Waals surface area contributed by atoms with Gasteiger partial charge in [-0.25, -0.2) is 9.78 Å². The molecule has 26 heavy (non-hydrogen) atoms. The van der Waals surface area contributed by atoms with Crippen LogP contribution in [0.5, 0.6) is 5.88 Å². The third-order valence-corrected chi connectivity index (χ3v) is 5.13. The first-order valence-corrected chi connectivity index (χ1v) is 9.15. The van der Waals surface area contributed by atoms with Gasteiger partial charge in [-0.15, -0.1) is 0 Å². The number of ether oxygens (including phenoxy) is 1. The maximum atomic E-state index is 12.6. The topological polar surface area (TPSA) is 54.5 Å². The van der Waals surface area contributed by atoms with Crippen LogP contribution in [0.2, 0.25) is 0 Å². The quantitative estimate of drug-likeness (QED) is 0.842. The molecule has 1 saturated carbocycles. The van der Waals surface area contributed by atoms with E-state index in [2.05, 4.69) is 15.0 Å². The third-order valence-electron chi connectivity index (χ3n) is 5.13. The number of carbonyl (C=O) groups is 1. The number of carbonyl (C=O) groups excluding carboxylic acids is 1. The molecule has 5 nitrogen and oxygen atoms in total. The molecule has 1 aliphatic heterocycles. The van der Waals surface area contributed by atoms with Crippen LogP contribution in [-0.2, 0) is 0 Å². The summed E-state index contributed by atoms with van der Waals surface area (Å²) in [5, 5.41) is 2.80. The van der Waals surface area contributed by atoms with Gasteiger partial charge < -0.3 is 15.0 Å². The standard InChI is InChI=1S/C18H24F3N3O2/c19-18(20,21)12-26-16-9-8-14(11-22-16)23-17(25)24-10-4-7-15(24)13-5-2-1-3-6-13/h8-9,11,13,15H,1-7,10,12H2,(H,23,25). The Bertz CT molecular complexity index is 601. The van der Waals surface area contributed by atoms with E-state index in [-0.39, 0.29) is 18.0 Å². The van der Waals surface area contributed by atoms with Crippen LogP contribution in [0.15, 0.2) is 18.3 Å². The van der Waals surface area contributed by atoms with E-state index >= 15 is 0 Å². The number of alkyl halides is 3. The molecule has 1 saturated heterocycles. The van der Waals surface area contributed by atoms with Crippen LogP contribution in [0.3, 0.4) is 0 Å². The molecular weight excluding hydrogens is 347 g/mol. The Hall–Kier alpha value is -1.99. The molecule has 1 N–H and O–H groups in total. The van der Waals surface area contributed by atoms with Crippen LogP contribution >= 0.6 is 0 Å². The highest BCUT2D eigenvalue weighted by atomic mass is 19.4. The van der Waals surface area contributed by atoms with Crippen molar-refractivity contribution in [2.75, 3.05) is 18.5 Å². The highest BCUT2D eigenvalue weighted by molar-refractivity contribution is 5.89. The van der Waals surface area contributed by atoms with E-state index in [4.69, 9.17) is 0 Å². The predicted molar refractivity (Wildman–Crippen MR) is 91.1 cm³/mol. The molecule has 1 aliphatic carbocycles. The first-order chi connectivity index (χ1) is 12.4. The lowest BCUT2D eigenvalue weighted by Gasteiger charge is -2.34. The Morgan fingerprint density at radius 1 is 1.19 bits per heavy atom. The number of nitrogens with one attached hydrogen (secondary N) is 1. The molecule has 1 aromatic heterocycles. The van der Waals surface area contributed by atoms with Gasteiger partial charge in [0.1, 0.15) is 0 Å². The fraction of sp³-hybridized carbons (Fsp3) is 0.667. The van der Waals surface area contributed by atoms with Crippen molar-refractivity contribution in [3.05, 3.63) is 18.3 Å². The second-order valence-electron chi connectivity index (χ2n) is 7.02. The van der Waals surface area contributed by atoms with Gasteiger partial charge >= 0.3 is 12.2 Å². The van der Waals surface area contributed by atoms with Crippen LogP contribution in [0.4, 0.5) is 23.7 Å². The number of amides is 2. The minimum atomic E-state index is -4.40. The molecule has 0 radical (unpaired) electrons. The molecule has 2 aliphatic rings. The number of halogens is 3.